The van der Waals surface area contributed by atoms with Crippen molar-refractivity contribution in [2.75, 3.05) is 27.2 Å². The summed E-state index contributed by atoms with van der Waals surface area (Å²) < 4.78 is 0. The van der Waals surface area contributed by atoms with Gasteiger partial charge in [0.2, 0.25) is 0 Å². The fourth-order valence-corrected chi connectivity index (χ4v) is 1.74. The highest BCUT2D eigenvalue weighted by atomic mass is 16.4. The van der Waals surface area contributed by atoms with Crippen LogP contribution in [0.1, 0.15) is 12.5 Å². The van der Waals surface area contributed by atoms with E-state index in [9.17, 15) is 4.79 Å². The predicted molar refractivity (Wildman–Crippen MR) is 70.5 cm³/mol. The van der Waals surface area contributed by atoms with E-state index in [-0.39, 0.29) is 0 Å². The van der Waals surface area contributed by atoms with Crippen LogP contribution in [0.2, 0.25) is 0 Å². The maximum atomic E-state index is 11.2. The molecular formula is C13H21N3O2. The van der Waals surface area contributed by atoms with Gasteiger partial charge in [-0.15, -0.1) is 0 Å². The van der Waals surface area contributed by atoms with Crippen molar-refractivity contribution in [3.63, 3.8) is 0 Å². The van der Waals surface area contributed by atoms with Gasteiger partial charge in [-0.2, -0.15) is 0 Å². The molecule has 1 unspecified atom stereocenters. The van der Waals surface area contributed by atoms with Crippen LogP contribution in [-0.2, 0) is 11.2 Å². The number of carbonyl (C=O) groups is 1. The quantitative estimate of drug-likeness (QED) is 0.743. The molecule has 1 aromatic rings. The summed E-state index contributed by atoms with van der Waals surface area (Å²) in [4.78, 5) is 17.2. The van der Waals surface area contributed by atoms with Gasteiger partial charge in [0.25, 0.3) is 0 Å². The van der Waals surface area contributed by atoms with Crippen molar-refractivity contribution >= 4 is 5.97 Å². The zero-order valence-electron chi connectivity index (χ0n) is 11.2. The summed E-state index contributed by atoms with van der Waals surface area (Å²) in [7, 11) is 3.60. The van der Waals surface area contributed by atoms with Crippen LogP contribution >= 0.6 is 0 Å². The van der Waals surface area contributed by atoms with Crippen LogP contribution in [0, 0.1) is 0 Å². The first-order valence-corrected chi connectivity index (χ1v) is 5.97. The molecule has 18 heavy (non-hydrogen) atoms. The lowest BCUT2D eigenvalue weighted by molar-refractivity contribution is -0.144. The van der Waals surface area contributed by atoms with E-state index in [1.165, 1.54) is 5.56 Å². The zero-order chi connectivity index (χ0) is 13.6. The number of hydrogen-bond acceptors (Lipinski definition) is 4. The Morgan fingerprint density at radius 1 is 1.50 bits per heavy atom. The monoisotopic (exact) mass is 251 g/mol. The van der Waals surface area contributed by atoms with Crippen LogP contribution in [-0.4, -0.2) is 53.7 Å². The molecule has 0 amide bonds. The molecule has 0 aliphatic heterocycles. The molecule has 0 radical (unpaired) electrons. The molecule has 0 spiro atoms. The van der Waals surface area contributed by atoms with Crippen molar-refractivity contribution in [2.45, 2.75) is 18.9 Å². The summed E-state index contributed by atoms with van der Waals surface area (Å²) in [5.41, 5.74) is 0.297. The molecule has 1 atom stereocenters. The lowest BCUT2D eigenvalue weighted by atomic mass is 10.0. The summed E-state index contributed by atoms with van der Waals surface area (Å²) >= 11 is 0. The van der Waals surface area contributed by atoms with Crippen LogP contribution in [0.4, 0.5) is 0 Å². The Kier molecular flexibility index (Phi) is 5.25. The molecular weight excluding hydrogens is 230 g/mol. The highest BCUT2D eigenvalue weighted by Crippen LogP contribution is 2.07. The van der Waals surface area contributed by atoms with Gasteiger partial charge in [0, 0.05) is 25.5 Å². The molecule has 0 aliphatic rings. The maximum Gasteiger partial charge on any atom is 0.324 e. The van der Waals surface area contributed by atoms with Crippen molar-refractivity contribution in [1.29, 1.82) is 0 Å². The van der Waals surface area contributed by atoms with E-state index in [0.717, 1.165) is 13.0 Å². The van der Waals surface area contributed by atoms with Gasteiger partial charge in [-0.05, 0) is 45.1 Å². The Bertz CT molecular complexity index is 383. The first-order chi connectivity index (χ1) is 8.48. The van der Waals surface area contributed by atoms with Gasteiger partial charge in [0.1, 0.15) is 5.54 Å². The third kappa shape index (κ3) is 4.09. The minimum atomic E-state index is -0.910. The molecule has 0 saturated heterocycles. The Labute approximate surface area is 108 Å². The van der Waals surface area contributed by atoms with Gasteiger partial charge in [-0.1, -0.05) is 0 Å². The first kappa shape index (κ1) is 14.6. The van der Waals surface area contributed by atoms with Crippen LogP contribution in [0.3, 0.4) is 0 Å². The van der Waals surface area contributed by atoms with E-state index in [2.05, 4.69) is 10.3 Å². The second-order valence-corrected chi connectivity index (χ2v) is 4.73. The van der Waals surface area contributed by atoms with E-state index in [0.29, 0.717) is 6.54 Å². The van der Waals surface area contributed by atoms with Crippen molar-refractivity contribution in [3.05, 3.63) is 30.1 Å². The number of nitrogens with zero attached hydrogens (tertiary/aromatic N) is 2. The summed E-state index contributed by atoms with van der Waals surface area (Å²) in [6.07, 6.45) is 4.42. The topological polar surface area (TPSA) is 65.5 Å². The molecule has 1 aromatic heterocycles. The fraction of sp³-hybridized carbons (Fsp3) is 0.538. The minimum Gasteiger partial charge on any atom is -0.480 e. The number of aromatic nitrogens is 1. The van der Waals surface area contributed by atoms with Crippen LogP contribution in [0.5, 0.6) is 0 Å². The summed E-state index contributed by atoms with van der Waals surface area (Å²) in [5.74, 6) is -0.833. The Morgan fingerprint density at radius 2 is 2.11 bits per heavy atom. The molecule has 5 heteroatoms. The van der Waals surface area contributed by atoms with Gasteiger partial charge in [0.05, 0.1) is 0 Å². The standard InChI is InChI=1S/C13H21N3O2/c1-13(14-2,12(17)18)10-16(3)9-6-11-4-7-15-8-5-11/h4-5,7-8,14H,6,9-10H2,1-3H3,(H,17,18). The molecule has 0 aromatic carbocycles. The highest BCUT2D eigenvalue weighted by molar-refractivity contribution is 5.78. The lowest BCUT2D eigenvalue weighted by Crippen LogP contribution is -2.55. The third-order valence-corrected chi connectivity index (χ3v) is 3.14. The largest absolute Gasteiger partial charge is 0.480 e. The summed E-state index contributed by atoms with van der Waals surface area (Å²) in [6, 6.07) is 3.95. The van der Waals surface area contributed by atoms with Crippen molar-refractivity contribution in [2.24, 2.45) is 0 Å². The van der Waals surface area contributed by atoms with Crippen molar-refractivity contribution in [3.8, 4) is 0 Å². The average molecular weight is 251 g/mol. The Balaban J connectivity index is 2.47. The SMILES string of the molecule is CNC(C)(CN(C)CCc1ccncc1)C(=O)O. The number of pyridine rings is 1. The maximum absolute atomic E-state index is 11.2. The van der Waals surface area contributed by atoms with Gasteiger partial charge >= 0.3 is 5.97 Å². The van der Waals surface area contributed by atoms with Crippen LogP contribution < -0.4 is 5.32 Å². The first-order valence-electron chi connectivity index (χ1n) is 5.97. The number of nitrogens with one attached hydrogen (secondary N) is 1. The summed E-state index contributed by atoms with van der Waals surface area (Å²) in [5, 5.41) is 12.0. The lowest BCUT2D eigenvalue weighted by Gasteiger charge is -2.29. The van der Waals surface area contributed by atoms with Gasteiger partial charge in [-0.3, -0.25) is 9.78 Å². The van der Waals surface area contributed by atoms with E-state index in [1.54, 1.807) is 26.4 Å². The number of aliphatic carboxylic acids is 1. The third-order valence-electron chi connectivity index (χ3n) is 3.14. The molecule has 1 rings (SSSR count). The van der Waals surface area contributed by atoms with Crippen molar-refractivity contribution in [1.82, 2.24) is 15.2 Å². The molecule has 1 heterocycles. The summed E-state index contributed by atoms with van der Waals surface area (Å²) in [6.45, 7) is 2.97. The molecule has 100 valence electrons. The molecule has 0 aliphatic carbocycles. The second kappa shape index (κ2) is 6.47. The highest BCUT2D eigenvalue weighted by Gasteiger charge is 2.32. The van der Waals surface area contributed by atoms with E-state index < -0.39 is 11.5 Å². The number of rotatable bonds is 7. The Hall–Kier alpha value is -1.46. The fourth-order valence-electron chi connectivity index (χ4n) is 1.74. The number of carboxylic acid groups (broad SMARTS) is 1. The van der Waals surface area contributed by atoms with E-state index >= 15 is 0 Å². The number of carboxylic acids is 1. The van der Waals surface area contributed by atoms with Crippen molar-refractivity contribution < 1.29 is 9.90 Å². The number of hydrogen-bond donors (Lipinski definition) is 2. The average Bonchev–Trinajstić information content (AvgIpc) is 2.37. The molecule has 0 saturated carbocycles. The number of likely N-dealkylation sites (N-methyl/N-ethyl adjacent to an activating group) is 2. The minimum absolute atomic E-state index is 0.462. The second-order valence-electron chi connectivity index (χ2n) is 4.73. The van der Waals surface area contributed by atoms with Gasteiger partial charge in [0.15, 0.2) is 0 Å². The van der Waals surface area contributed by atoms with E-state index in [1.807, 2.05) is 24.1 Å². The van der Waals surface area contributed by atoms with Gasteiger partial charge in [-0.25, -0.2) is 0 Å². The Morgan fingerprint density at radius 3 is 2.61 bits per heavy atom. The molecule has 0 fully saturated rings. The normalized spacial score (nSPS) is 14.4. The molecule has 5 nitrogen and oxygen atoms in total. The zero-order valence-corrected chi connectivity index (χ0v) is 11.2. The van der Waals surface area contributed by atoms with E-state index in [4.69, 9.17) is 5.11 Å². The smallest absolute Gasteiger partial charge is 0.324 e. The molecule has 2 N–H and O–H groups in total. The van der Waals surface area contributed by atoms with Gasteiger partial charge < -0.3 is 15.3 Å². The van der Waals surface area contributed by atoms with Crippen LogP contribution in [0.25, 0.3) is 0 Å². The molecule has 0 bridgehead atoms. The predicted octanol–water partition coefficient (Wildman–Crippen LogP) is 0.619. The van der Waals surface area contributed by atoms with Crippen LogP contribution in [0.15, 0.2) is 24.5 Å².